The smallest absolute Gasteiger partial charge is 0.261 e. The SMILES string of the molecule is CC(C)C(Br)CNC(=O)c1cc(Br)c(Br)s1. The lowest BCUT2D eigenvalue weighted by molar-refractivity contribution is 0.0957. The van der Waals surface area contributed by atoms with E-state index in [1.807, 2.05) is 6.07 Å². The maximum atomic E-state index is 11.8. The maximum Gasteiger partial charge on any atom is 0.261 e. The van der Waals surface area contributed by atoms with Crippen LogP contribution in [-0.2, 0) is 0 Å². The number of nitrogens with one attached hydrogen (secondary N) is 1. The van der Waals surface area contributed by atoms with Crippen LogP contribution in [-0.4, -0.2) is 17.3 Å². The van der Waals surface area contributed by atoms with Crippen molar-refractivity contribution < 1.29 is 4.79 Å². The van der Waals surface area contributed by atoms with Crippen LogP contribution in [0.1, 0.15) is 23.5 Å². The van der Waals surface area contributed by atoms with Crippen LogP contribution in [0.3, 0.4) is 0 Å². The Hall–Kier alpha value is 0.610. The van der Waals surface area contributed by atoms with E-state index in [0.717, 1.165) is 8.26 Å². The largest absolute Gasteiger partial charge is 0.350 e. The zero-order valence-corrected chi connectivity index (χ0v) is 14.5. The van der Waals surface area contributed by atoms with E-state index in [1.54, 1.807) is 0 Å². The fraction of sp³-hybridized carbons (Fsp3) is 0.500. The van der Waals surface area contributed by atoms with Gasteiger partial charge >= 0.3 is 0 Å². The molecule has 0 aliphatic heterocycles. The maximum absolute atomic E-state index is 11.8. The summed E-state index contributed by atoms with van der Waals surface area (Å²) in [5, 5.41) is 2.90. The van der Waals surface area contributed by atoms with Crippen LogP contribution in [0.25, 0.3) is 0 Å². The van der Waals surface area contributed by atoms with E-state index in [1.165, 1.54) is 11.3 Å². The molecule has 0 saturated heterocycles. The van der Waals surface area contributed by atoms with Gasteiger partial charge in [-0.1, -0.05) is 29.8 Å². The molecule has 0 spiro atoms. The van der Waals surface area contributed by atoms with Crippen molar-refractivity contribution in [3.63, 3.8) is 0 Å². The van der Waals surface area contributed by atoms with E-state index < -0.39 is 0 Å². The van der Waals surface area contributed by atoms with Gasteiger partial charge < -0.3 is 5.32 Å². The molecule has 0 bridgehead atoms. The minimum atomic E-state index is -0.0264. The molecule has 0 aromatic carbocycles. The van der Waals surface area contributed by atoms with Crippen molar-refractivity contribution in [2.45, 2.75) is 18.7 Å². The lowest BCUT2D eigenvalue weighted by atomic mass is 10.1. The van der Waals surface area contributed by atoms with Gasteiger partial charge in [0.2, 0.25) is 0 Å². The van der Waals surface area contributed by atoms with Crippen molar-refractivity contribution in [2.75, 3.05) is 6.54 Å². The lowest BCUT2D eigenvalue weighted by Crippen LogP contribution is -2.31. The van der Waals surface area contributed by atoms with Crippen LogP contribution in [0.4, 0.5) is 0 Å². The summed E-state index contributed by atoms with van der Waals surface area (Å²) >= 11 is 11.7. The minimum absolute atomic E-state index is 0.0264. The summed E-state index contributed by atoms with van der Waals surface area (Å²) in [6.07, 6.45) is 0. The summed E-state index contributed by atoms with van der Waals surface area (Å²) in [5.41, 5.74) is 0. The summed E-state index contributed by atoms with van der Waals surface area (Å²) in [5.74, 6) is 0.476. The first-order chi connectivity index (χ1) is 7.41. The Bertz CT molecular complexity index is 359. The van der Waals surface area contributed by atoms with Crippen molar-refractivity contribution in [3.8, 4) is 0 Å². The number of halogens is 3. The standard InChI is InChI=1S/C10H12Br3NOS/c1-5(2)7(12)4-14-10(15)8-3-6(11)9(13)16-8/h3,5,7H,4H2,1-2H3,(H,14,15). The van der Waals surface area contributed by atoms with E-state index in [9.17, 15) is 4.79 Å². The highest BCUT2D eigenvalue weighted by Gasteiger charge is 2.14. The molecule has 0 aliphatic carbocycles. The number of hydrogen-bond donors (Lipinski definition) is 1. The Kier molecular flexibility index (Phi) is 5.98. The van der Waals surface area contributed by atoms with Crippen molar-refractivity contribution >= 4 is 65.0 Å². The Morgan fingerprint density at radius 3 is 2.56 bits per heavy atom. The third kappa shape index (κ3) is 4.13. The molecule has 1 aromatic heterocycles. The van der Waals surface area contributed by atoms with Gasteiger partial charge in [-0.15, -0.1) is 11.3 Å². The average Bonchev–Trinajstić information content (AvgIpc) is 2.55. The number of hydrogen-bond acceptors (Lipinski definition) is 2. The van der Waals surface area contributed by atoms with Crippen LogP contribution in [0.2, 0.25) is 0 Å². The van der Waals surface area contributed by atoms with Gasteiger partial charge in [-0.25, -0.2) is 0 Å². The van der Waals surface area contributed by atoms with E-state index in [4.69, 9.17) is 0 Å². The molecule has 1 rings (SSSR count). The van der Waals surface area contributed by atoms with Gasteiger partial charge in [0.15, 0.2) is 0 Å². The fourth-order valence-electron chi connectivity index (χ4n) is 0.972. The molecule has 2 nitrogen and oxygen atoms in total. The first-order valence-electron chi connectivity index (χ1n) is 4.79. The average molecular weight is 434 g/mol. The van der Waals surface area contributed by atoms with Gasteiger partial charge in [0.05, 0.1) is 8.66 Å². The molecule has 1 aromatic rings. The normalized spacial score (nSPS) is 12.9. The fourth-order valence-corrected chi connectivity index (χ4v) is 3.09. The highest BCUT2D eigenvalue weighted by atomic mass is 79.9. The van der Waals surface area contributed by atoms with Gasteiger partial charge in [0, 0.05) is 15.8 Å². The van der Waals surface area contributed by atoms with Crippen LogP contribution in [0.15, 0.2) is 14.3 Å². The molecule has 0 fully saturated rings. The second kappa shape index (κ2) is 6.52. The van der Waals surface area contributed by atoms with E-state index in [0.29, 0.717) is 22.2 Å². The number of amides is 1. The van der Waals surface area contributed by atoms with Crippen LogP contribution < -0.4 is 5.32 Å². The lowest BCUT2D eigenvalue weighted by Gasteiger charge is -2.13. The van der Waals surface area contributed by atoms with Crippen LogP contribution >= 0.6 is 59.1 Å². The quantitative estimate of drug-likeness (QED) is 0.699. The molecular formula is C10H12Br3NOS. The Balaban J connectivity index is 2.53. The summed E-state index contributed by atoms with van der Waals surface area (Å²) in [4.78, 5) is 12.8. The van der Waals surface area contributed by atoms with Gasteiger partial charge in [-0.2, -0.15) is 0 Å². The predicted octanol–water partition coefficient (Wildman–Crippen LogP) is 4.42. The Labute approximate surface area is 125 Å². The summed E-state index contributed by atoms with van der Waals surface area (Å²) in [6.45, 7) is 4.87. The summed E-state index contributed by atoms with van der Waals surface area (Å²) in [6, 6.07) is 1.82. The van der Waals surface area contributed by atoms with Crippen LogP contribution in [0, 0.1) is 5.92 Å². The zero-order chi connectivity index (χ0) is 12.3. The summed E-state index contributed by atoms with van der Waals surface area (Å²) < 4.78 is 1.86. The highest BCUT2D eigenvalue weighted by Crippen LogP contribution is 2.32. The molecule has 1 amide bonds. The van der Waals surface area contributed by atoms with E-state index >= 15 is 0 Å². The second-order valence-electron chi connectivity index (χ2n) is 3.70. The molecule has 0 saturated carbocycles. The Morgan fingerprint density at radius 1 is 1.50 bits per heavy atom. The van der Waals surface area contributed by atoms with Gasteiger partial charge in [0.25, 0.3) is 5.91 Å². The van der Waals surface area contributed by atoms with Crippen molar-refractivity contribution in [1.82, 2.24) is 5.32 Å². The predicted molar refractivity (Wildman–Crippen MR) is 79.6 cm³/mol. The molecule has 1 unspecified atom stereocenters. The van der Waals surface area contributed by atoms with Crippen molar-refractivity contribution in [3.05, 3.63) is 19.2 Å². The number of carbonyl (C=O) groups is 1. The number of thiophene rings is 1. The molecule has 0 radical (unpaired) electrons. The minimum Gasteiger partial charge on any atom is -0.350 e. The van der Waals surface area contributed by atoms with Gasteiger partial charge in [-0.3, -0.25) is 4.79 Å². The zero-order valence-electron chi connectivity index (χ0n) is 8.89. The second-order valence-corrected chi connectivity index (χ2v) is 8.10. The first-order valence-corrected chi connectivity index (χ1v) is 8.10. The molecule has 0 aliphatic rings. The highest BCUT2D eigenvalue weighted by molar-refractivity contribution is 9.13. The topological polar surface area (TPSA) is 29.1 Å². The molecular weight excluding hydrogens is 422 g/mol. The molecule has 16 heavy (non-hydrogen) atoms. The third-order valence-electron chi connectivity index (χ3n) is 2.05. The molecule has 90 valence electrons. The summed E-state index contributed by atoms with van der Waals surface area (Å²) in [7, 11) is 0. The number of alkyl halides is 1. The molecule has 1 heterocycles. The van der Waals surface area contributed by atoms with Crippen LogP contribution in [0.5, 0.6) is 0 Å². The van der Waals surface area contributed by atoms with Crippen molar-refractivity contribution in [2.24, 2.45) is 5.92 Å². The Morgan fingerprint density at radius 2 is 2.12 bits per heavy atom. The first kappa shape index (κ1) is 14.7. The van der Waals surface area contributed by atoms with Crippen molar-refractivity contribution in [1.29, 1.82) is 0 Å². The van der Waals surface area contributed by atoms with E-state index in [-0.39, 0.29) is 5.91 Å². The van der Waals surface area contributed by atoms with Gasteiger partial charge in [-0.05, 0) is 43.8 Å². The van der Waals surface area contributed by atoms with E-state index in [2.05, 4.69) is 67.0 Å². The van der Waals surface area contributed by atoms with Gasteiger partial charge in [0.1, 0.15) is 0 Å². The molecule has 6 heteroatoms. The monoisotopic (exact) mass is 431 g/mol. The number of rotatable bonds is 4. The number of carbonyl (C=O) groups excluding carboxylic acids is 1. The molecule has 1 atom stereocenters. The molecule has 1 N–H and O–H groups in total. The third-order valence-corrected chi connectivity index (χ3v) is 6.69.